The van der Waals surface area contributed by atoms with Crippen LogP contribution < -0.4 is 0 Å². The van der Waals surface area contributed by atoms with E-state index in [4.69, 9.17) is 0 Å². The van der Waals surface area contributed by atoms with E-state index in [2.05, 4.69) is 0 Å². The van der Waals surface area contributed by atoms with E-state index in [0.29, 0.717) is 24.8 Å². The van der Waals surface area contributed by atoms with Gasteiger partial charge in [-0.15, -0.1) is 0 Å². The van der Waals surface area contributed by atoms with Gasteiger partial charge in [-0.05, 0) is 18.1 Å². The third-order valence-electron chi connectivity index (χ3n) is 3.65. The lowest BCUT2D eigenvalue weighted by atomic mass is 9.86. The number of ketones is 2. The molecule has 0 bridgehead atoms. The minimum Gasteiger partial charge on any atom is -0.350 e. The Hall–Kier alpha value is -2.16. The number of hydrogen-bond acceptors (Lipinski definition) is 3. The van der Waals surface area contributed by atoms with Crippen LogP contribution in [0, 0.1) is 0 Å². The van der Waals surface area contributed by atoms with Gasteiger partial charge in [-0.25, -0.2) is 0 Å². The summed E-state index contributed by atoms with van der Waals surface area (Å²) in [7, 11) is 1.88. The van der Waals surface area contributed by atoms with Crippen LogP contribution in [-0.2, 0) is 9.59 Å². The van der Waals surface area contributed by atoms with Gasteiger partial charge in [0.1, 0.15) is 0 Å². The lowest BCUT2D eigenvalue weighted by molar-refractivity contribution is -0.123. The van der Waals surface area contributed by atoms with Gasteiger partial charge >= 0.3 is 0 Å². The quantitative estimate of drug-likeness (QED) is 0.527. The molecule has 0 N–H and O–H groups in total. The van der Waals surface area contributed by atoms with Crippen molar-refractivity contribution in [3.63, 3.8) is 0 Å². The van der Waals surface area contributed by atoms with Crippen molar-refractivity contribution in [2.45, 2.75) is 19.3 Å². The molecule has 0 saturated heterocycles. The van der Waals surface area contributed by atoms with Gasteiger partial charge in [0.05, 0.1) is 11.3 Å². The maximum absolute atomic E-state index is 12.1. The molecule has 3 rings (SSSR count). The zero-order chi connectivity index (χ0) is 13.4. The number of carbonyl (C=O) groups is 2. The molecule has 1 saturated carbocycles. The summed E-state index contributed by atoms with van der Waals surface area (Å²) >= 11 is 0. The van der Waals surface area contributed by atoms with Crippen molar-refractivity contribution in [3.05, 3.63) is 47.2 Å². The first kappa shape index (κ1) is 11.9. The zero-order valence-electron chi connectivity index (χ0n) is 10.8. The average Bonchev–Trinajstić information content (AvgIpc) is 2.41. The predicted molar refractivity (Wildman–Crippen MR) is 74.0 cm³/mol. The molecule has 0 spiro atoms. The standard InChI is InChI=1S/C16H15NO2/c1-17-10-9-11-5-2-3-6-12(11)16(17)15-13(18)7-4-8-14(15)19/h2-3,5-6,9-10H,4,7-8H2,1H3. The molecule has 19 heavy (non-hydrogen) atoms. The lowest BCUT2D eigenvalue weighted by Gasteiger charge is -2.28. The van der Waals surface area contributed by atoms with Crippen molar-refractivity contribution in [2.75, 3.05) is 7.05 Å². The van der Waals surface area contributed by atoms with Crippen molar-refractivity contribution in [1.29, 1.82) is 0 Å². The molecule has 2 aliphatic rings. The predicted octanol–water partition coefficient (Wildman–Crippen LogP) is 2.64. The molecule has 0 amide bonds. The van der Waals surface area contributed by atoms with Crippen molar-refractivity contribution in [3.8, 4) is 0 Å². The van der Waals surface area contributed by atoms with Crippen LogP contribution in [0.15, 0.2) is 36.0 Å². The van der Waals surface area contributed by atoms with Gasteiger partial charge in [-0.3, -0.25) is 9.59 Å². The number of benzene rings is 1. The SMILES string of the molecule is CN1C=Cc2ccccc2C1=C1C(=O)CCCC1=O. The number of Topliss-reactive ketones (excluding diaryl/α,β-unsaturated/α-hetero) is 2. The monoisotopic (exact) mass is 253 g/mol. The fraction of sp³-hybridized carbons (Fsp3) is 0.250. The van der Waals surface area contributed by atoms with E-state index < -0.39 is 0 Å². The smallest absolute Gasteiger partial charge is 0.168 e. The zero-order valence-corrected chi connectivity index (χ0v) is 10.8. The highest BCUT2D eigenvalue weighted by Crippen LogP contribution is 2.33. The Balaban J connectivity index is 2.25. The molecule has 1 aromatic carbocycles. The number of allylic oxidation sites excluding steroid dienone is 1. The summed E-state index contributed by atoms with van der Waals surface area (Å²) in [5.74, 6) is -0.0496. The minimum absolute atomic E-state index is 0.0248. The highest BCUT2D eigenvalue weighted by atomic mass is 16.1. The van der Waals surface area contributed by atoms with E-state index in [-0.39, 0.29) is 11.6 Å². The van der Waals surface area contributed by atoms with Gasteiger partial charge < -0.3 is 4.90 Å². The van der Waals surface area contributed by atoms with Crippen LogP contribution in [0.1, 0.15) is 30.4 Å². The molecule has 0 atom stereocenters. The van der Waals surface area contributed by atoms with E-state index >= 15 is 0 Å². The van der Waals surface area contributed by atoms with Crippen molar-refractivity contribution in [2.24, 2.45) is 0 Å². The number of nitrogens with zero attached hydrogens (tertiary/aromatic N) is 1. The summed E-state index contributed by atoms with van der Waals surface area (Å²) in [6.07, 6.45) is 5.53. The Bertz CT molecular complexity index is 607. The number of carbonyl (C=O) groups excluding carboxylic acids is 2. The molecular formula is C16H15NO2. The lowest BCUT2D eigenvalue weighted by Crippen LogP contribution is -2.26. The van der Waals surface area contributed by atoms with Crippen LogP contribution in [0.3, 0.4) is 0 Å². The third-order valence-corrected chi connectivity index (χ3v) is 3.65. The largest absolute Gasteiger partial charge is 0.350 e. The summed E-state index contributed by atoms with van der Waals surface area (Å²) in [5, 5.41) is 0. The molecule has 96 valence electrons. The van der Waals surface area contributed by atoms with Crippen LogP contribution in [0.25, 0.3) is 11.8 Å². The number of rotatable bonds is 0. The second-order valence-electron chi connectivity index (χ2n) is 4.94. The van der Waals surface area contributed by atoms with Crippen molar-refractivity contribution >= 4 is 23.3 Å². The van der Waals surface area contributed by atoms with Crippen molar-refractivity contribution < 1.29 is 9.59 Å². The molecule has 0 radical (unpaired) electrons. The van der Waals surface area contributed by atoms with Gasteiger partial charge in [-0.1, -0.05) is 24.3 Å². The summed E-state index contributed by atoms with van der Waals surface area (Å²) < 4.78 is 0. The van der Waals surface area contributed by atoms with E-state index in [9.17, 15) is 9.59 Å². The number of fused-ring (bicyclic) bond motifs is 1. The average molecular weight is 253 g/mol. The molecule has 1 aliphatic heterocycles. The van der Waals surface area contributed by atoms with Gasteiger partial charge in [0.25, 0.3) is 0 Å². The Morgan fingerprint density at radius 2 is 1.74 bits per heavy atom. The Morgan fingerprint density at radius 1 is 1.05 bits per heavy atom. The topological polar surface area (TPSA) is 37.4 Å². The first-order valence-corrected chi connectivity index (χ1v) is 6.49. The summed E-state index contributed by atoms with van der Waals surface area (Å²) in [6, 6.07) is 7.86. The van der Waals surface area contributed by atoms with Gasteiger partial charge in [0, 0.05) is 31.7 Å². The Labute approximate surface area is 112 Å². The molecule has 1 fully saturated rings. The third kappa shape index (κ3) is 1.91. The molecule has 3 heteroatoms. The van der Waals surface area contributed by atoms with Gasteiger partial charge in [0.15, 0.2) is 11.6 Å². The highest BCUT2D eigenvalue weighted by Gasteiger charge is 2.30. The fourth-order valence-electron chi connectivity index (χ4n) is 2.70. The normalized spacial score (nSPS) is 18.9. The first-order valence-electron chi connectivity index (χ1n) is 6.49. The van der Waals surface area contributed by atoms with Crippen LogP contribution in [-0.4, -0.2) is 23.5 Å². The molecular weight excluding hydrogens is 238 g/mol. The number of hydrogen-bond donors (Lipinski definition) is 0. The highest BCUT2D eigenvalue weighted by molar-refractivity contribution is 6.26. The molecule has 1 aromatic rings. The molecule has 0 aromatic heterocycles. The Kier molecular flexibility index (Phi) is 2.82. The molecule has 1 aliphatic carbocycles. The second kappa shape index (κ2) is 4.50. The van der Waals surface area contributed by atoms with Gasteiger partial charge in [-0.2, -0.15) is 0 Å². The first-order chi connectivity index (χ1) is 9.18. The summed E-state index contributed by atoms with van der Waals surface area (Å²) in [6.45, 7) is 0. The van der Waals surface area contributed by atoms with Crippen LogP contribution in [0.5, 0.6) is 0 Å². The summed E-state index contributed by atoms with van der Waals surface area (Å²) in [5.41, 5.74) is 3.15. The molecule has 3 nitrogen and oxygen atoms in total. The fourth-order valence-corrected chi connectivity index (χ4v) is 2.70. The van der Waals surface area contributed by atoms with Gasteiger partial charge in [0.2, 0.25) is 0 Å². The van der Waals surface area contributed by atoms with Crippen LogP contribution in [0.4, 0.5) is 0 Å². The van der Waals surface area contributed by atoms with E-state index in [0.717, 1.165) is 16.8 Å². The van der Waals surface area contributed by atoms with E-state index in [1.54, 1.807) is 0 Å². The Morgan fingerprint density at radius 3 is 2.47 bits per heavy atom. The maximum Gasteiger partial charge on any atom is 0.168 e. The van der Waals surface area contributed by atoms with Crippen LogP contribution >= 0.6 is 0 Å². The minimum atomic E-state index is -0.0248. The second-order valence-corrected chi connectivity index (χ2v) is 4.94. The molecule has 0 unspecified atom stereocenters. The maximum atomic E-state index is 12.1. The van der Waals surface area contributed by atoms with E-state index in [1.807, 2.05) is 48.5 Å². The van der Waals surface area contributed by atoms with Crippen molar-refractivity contribution in [1.82, 2.24) is 4.90 Å². The van der Waals surface area contributed by atoms with Crippen LogP contribution in [0.2, 0.25) is 0 Å². The summed E-state index contributed by atoms with van der Waals surface area (Å²) in [4.78, 5) is 26.1. The molecule has 1 heterocycles. The van der Waals surface area contributed by atoms with E-state index in [1.165, 1.54) is 0 Å².